The Kier molecular flexibility index (Phi) is 5.47. The largest absolute Gasteiger partial charge is 0.497 e. The SMILES string of the molecule is COc1ccc(S(=O)(=O)N2CCN(CC(C)C)CC2)c(C)c1. The van der Waals surface area contributed by atoms with Crippen LogP contribution in [0.4, 0.5) is 0 Å². The average molecular weight is 326 g/mol. The molecular formula is C16H26N2O3S. The zero-order valence-electron chi connectivity index (χ0n) is 13.9. The number of methoxy groups -OCH3 is 1. The van der Waals surface area contributed by atoms with Crippen LogP contribution in [0.25, 0.3) is 0 Å². The second-order valence-electron chi connectivity index (χ2n) is 6.23. The Labute approximate surface area is 133 Å². The molecule has 0 atom stereocenters. The number of aryl methyl sites for hydroxylation is 1. The summed E-state index contributed by atoms with van der Waals surface area (Å²) in [6, 6.07) is 5.11. The van der Waals surface area contributed by atoms with Crippen LogP contribution in [0.1, 0.15) is 19.4 Å². The highest BCUT2D eigenvalue weighted by atomic mass is 32.2. The first-order valence-electron chi connectivity index (χ1n) is 7.71. The van der Waals surface area contributed by atoms with Crippen molar-refractivity contribution in [3.05, 3.63) is 23.8 Å². The molecule has 1 saturated heterocycles. The molecule has 1 aliphatic heterocycles. The Hall–Kier alpha value is -1.11. The van der Waals surface area contributed by atoms with E-state index in [4.69, 9.17) is 4.74 Å². The first kappa shape index (κ1) is 17.2. The van der Waals surface area contributed by atoms with Gasteiger partial charge in [-0.3, -0.25) is 0 Å². The topological polar surface area (TPSA) is 49.9 Å². The van der Waals surface area contributed by atoms with Crippen molar-refractivity contribution in [3.63, 3.8) is 0 Å². The monoisotopic (exact) mass is 326 g/mol. The van der Waals surface area contributed by atoms with E-state index in [1.54, 1.807) is 29.6 Å². The molecule has 124 valence electrons. The van der Waals surface area contributed by atoms with E-state index in [9.17, 15) is 8.42 Å². The van der Waals surface area contributed by atoms with Gasteiger partial charge in [-0.25, -0.2) is 8.42 Å². The molecule has 0 radical (unpaired) electrons. The van der Waals surface area contributed by atoms with Crippen LogP contribution < -0.4 is 4.74 Å². The van der Waals surface area contributed by atoms with E-state index in [0.29, 0.717) is 29.7 Å². The third kappa shape index (κ3) is 3.80. The number of piperazine rings is 1. The maximum absolute atomic E-state index is 12.8. The molecule has 0 unspecified atom stereocenters. The van der Waals surface area contributed by atoms with Crippen LogP contribution in [0.15, 0.2) is 23.1 Å². The van der Waals surface area contributed by atoms with Crippen molar-refractivity contribution < 1.29 is 13.2 Å². The molecule has 1 aromatic carbocycles. The summed E-state index contributed by atoms with van der Waals surface area (Å²) in [6.07, 6.45) is 0. The number of ether oxygens (including phenoxy) is 1. The quantitative estimate of drug-likeness (QED) is 0.830. The van der Waals surface area contributed by atoms with E-state index in [1.165, 1.54) is 0 Å². The van der Waals surface area contributed by atoms with E-state index in [0.717, 1.165) is 25.2 Å². The predicted molar refractivity (Wildman–Crippen MR) is 87.8 cm³/mol. The lowest BCUT2D eigenvalue weighted by atomic mass is 10.2. The zero-order chi connectivity index (χ0) is 16.3. The zero-order valence-corrected chi connectivity index (χ0v) is 14.7. The van der Waals surface area contributed by atoms with Gasteiger partial charge in [0.25, 0.3) is 0 Å². The summed E-state index contributed by atoms with van der Waals surface area (Å²) in [5.74, 6) is 1.28. The number of benzene rings is 1. The molecule has 0 N–H and O–H groups in total. The van der Waals surface area contributed by atoms with E-state index >= 15 is 0 Å². The summed E-state index contributed by atoms with van der Waals surface area (Å²) in [5.41, 5.74) is 0.726. The van der Waals surface area contributed by atoms with Crippen molar-refractivity contribution >= 4 is 10.0 Å². The molecule has 0 bridgehead atoms. The summed E-state index contributed by atoms with van der Waals surface area (Å²) in [7, 11) is -1.84. The molecule has 2 rings (SSSR count). The van der Waals surface area contributed by atoms with Gasteiger partial charge in [-0.1, -0.05) is 13.8 Å². The Bertz CT molecular complexity index is 606. The van der Waals surface area contributed by atoms with Gasteiger partial charge in [-0.05, 0) is 36.6 Å². The fraction of sp³-hybridized carbons (Fsp3) is 0.625. The van der Waals surface area contributed by atoms with Gasteiger partial charge in [0.2, 0.25) is 10.0 Å². The minimum Gasteiger partial charge on any atom is -0.497 e. The first-order chi connectivity index (χ1) is 10.3. The van der Waals surface area contributed by atoms with Crippen LogP contribution in [0.3, 0.4) is 0 Å². The second-order valence-corrected chi connectivity index (χ2v) is 8.14. The third-order valence-corrected chi connectivity index (χ3v) is 6.01. The van der Waals surface area contributed by atoms with E-state index in [1.807, 2.05) is 6.92 Å². The highest BCUT2D eigenvalue weighted by Crippen LogP contribution is 2.24. The van der Waals surface area contributed by atoms with Gasteiger partial charge < -0.3 is 9.64 Å². The lowest BCUT2D eigenvalue weighted by Gasteiger charge is -2.35. The van der Waals surface area contributed by atoms with Crippen LogP contribution in [-0.2, 0) is 10.0 Å². The van der Waals surface area contributed by atoms with Gasteiger partial charge in [0.05, 0.1) is 12.0 Å². The van der Waals surface area contributed by atoms with Crippen LogP contribution in [0, 0.1) is 12.8 Å². The summed E-state index contributed by atoms with van der Waals surface area (Å²) in [5, 5.41) is 0. The fourth-order valence-electron chi connectivity index (χ4n) is 2.85. The van der Waals surface area contributed by atoms with Crippen molar-refractivity contribution in [1.29, 1.82) is 0 Å². The highest BCUT2D eigenvalue weighted by molar-refractivity contribution is 7.89. The minimum atomic E-state index is -3.42. The average Bonchev–Trinajstić information content (AvgIpc) is 2.46. The molecule has 6 heteroatoms. The smallest absolute Gasteiger partial charge is 0.243 e. The van der Waals surface area contributed by atoms with E-state index < -0.39 is 10.0 Å². The maximum Gasteiger partial charge on any atom is 0.243 e. The number of nitrogens with zero attached hydrogens (tertiary/aromatic N) is 2. The highest BCUT2D eigenvalue weighted by Gasteiger charge is 2.29. The number of hydrogen-bond acceptors (Lipinski definition) is 4. The van der Waals surface area contributed by atoms with Gasteiger partial charge in [-0.2, -0.15) is 4.31 Å². The van der Waals surface area contributed by atoms with Crippen LogP contribution in [-0.4, -0.2) is 57.5 Å². The van der Waals surface area contributed by atoms with Crippen molar-refractivity contribution in [3.8, 4) is 5.75 Å². The summed E-state index contributed by atoms with van der Waals surface area (Å²) >= 11 is 0. The van der Waals surface area contributed by atoms with Crippen LogP contribution in [0.2, 0.25) is 0 Å². The molecule has 0 aromatic heterocycles. The van der Waals surface area contributed by atoms with E-state index in [-0.39, 0.29) is 0 Å². The lowest BCUT2D eigenvalue weighted by Crippen LogP contribution is -2.49. The molecule has 1 aliphatic rings. The van der Waals surface area contributed by atoms with Gasteiger partial charge >= 0.3 is 0 Å². The van der Waals surface area contributed by atoms with E-state index in [2.05, 4.69) is 18.7 Å². The molecule has 1 aromatic rings. The standard InChI is InChI=1S/C16H26N2O3S/c1-13(2)12-17-7-9-18(10-8-17)22(19,20)16-6-5-15(21-4)11-14(16)3/h5-6,11,13H,7-10,12H2,1-4H3. The third-order valence-electron chi connectivity index (χ3n) is 3.95. The predicted octanol–water partition coefficient (Wildman–Crippen LogP) is 1.97. The summed E-state index contributed by atoms with van der Waals surface area (Å²) < 4.78 is 32.3. The molecule has 0 spiro atoms. The van der Waals surface area contributed by atoms with Gasteiger partial charge in [0, 0.05) is 32.7 Å². The molecule has 22 heavy (non-hydrogen) atoms. The molecule has 1 fully saturated rings. The maximum atomic E-state index is 12.8. The molecule has 0 saturated carbocycles. The lowest BCUT2D eigenvalue weighted by molar-refractivity contribution is 0.172. The van der Waals surface area contributed by atoms with Crippen molar-refractivity contribution in [2.45, 2.75) is 25.7 Å². The van der Waals surface area contributed by atoms with Crippen LogP contribution in [0.5, 0.6) is 5.75 Å². The molecular weight excluding hydrogens is 300 g/mol. The molecule has 1 heterocycles. The number of rotatable bonds is 5. The number of sulfonamides is 1. The van der Waals surface area contributed by atoms with Gasteiger partial charge in [0.1, 0.15) is 5.75 Å². The second kappa shape index (κ2) is 6.98. The summed E-state index contributed by atoms with van der Waals surface area (Å²) in [6.45, 7) is 9.91. The van der Waals surface area contributed by atoms with Crippen LogP contribution >= 0.6 is 0 Å². The number of hydrogen-bond donors (Lipinski definition) is 0. The summed E-state index contributed by atoms with van der Waals surface area (Å²) in [4.78, 5) is 2.71. The Balaban J connectivity index is 2.12. The Morgan fingerprint density at radius 2 is 1.82 bits per heavy atom. The van der Waals surface area contributed by atoms with Crippen molar-refractivity contribution in [1.82, 2.24) is 9.21 Å². The van der Waals surface area contributed by atoms with Gasteiger partial charge in [-0.15, -0.1) is 0 Å². The Morgan fingerprint density at radius 3 is 2.32 bits per heavy atom. The van der Waals surface area contributed by atoms with Crippen molar-refractivity contribution in [2.75, 3.05) is 39.8 Å². The fourth-order valence-corrected chi connectivity index (χ4v) is 4.47. The molecule has 0 aliphatic carbocycles. The normalized spacial score (nSPS) is 17.9. The minimum absolute atomic E-state index is 0.380. The molecule has 0 amide bonds. The van der Waals surface area contributed by atoms with Crippen molar-refractivity contribution in [2.24, 2.45) is 5.92 Å². The van der Waals surface area contributed by atoms with Gasteiger partial charge in [0.15, 0.2) is 0 Å². The molecule has 5 nitrogen and oxygen atoms in total. The Morgan fingerprint density at radius 1 is 1.18 bits per heavy atom. The first-order valence-corrected chi connectivity index (χ1v) is 9.15.